The Labute approximate surface area is 109 Å². The van der Waals surface area contributed by atoms with E-state index in [1.165, 1.54) is 4.88 Å². The van der Waals surface area contributed by atoms with Crippen LogP contribution in [0.4, 0.5) is 0 Å². The van der Waals surface area contributed by atoms with Crippen LogP contribution >= 0.6 is 23.1 Å². The molecule has 0 spiro atoms. The van der Waals surface area contributed by atoms with Gasteiger partial charge in [0.1, 0.15) is 0 Å². The summed E-state index contributed by atoms with van der Waals surface area (Å²) in [4.78, 5) is 5.70. The van der Waals surface area contributed by atoms with E-state index in [1.807, 2.05) is 12.4 Å². The minimum atomic E-state index is 0.572. The maximum atomic E-state index is 8.50. The number of aromatic nitrogens is 2. The molecule has 0 amide bonds. The van der Waals surface area contributed by atoms with Crippen LogP contribution in [0.2, 0.25) is 0 Å². The van der Waals surface area contributed by atoms with Crippen molar-refractivity contribution in [2.24, 2.45) is 0 Å². The van der Waals surface area contributed by atoms with E-state index < -0.39 is 0 Å². The Balaban J connectivity index is 1.88. The van der Waals surface area contributed by atoms with Crippen LogP contribution in [0, 0.1) is 11.3 Å². The lowest BCUT2D eigenvalue weighted by Gasteiger charge is -2.05. The summed E-state index contributed by atoms with van der Waals surface area (Å²) in [6.07, 6.45) is 5.44. The summed E-state index contributed by atoms with van der Waals surface area (Å²) in [7, 11) is 0. The Kier molecular flexibility index (Phi) is 4.65. The number of thiophene rings is 1. The zero-order chi connectivity index (χ0) is 11.9. The monoisotopic (exact) mass is 263 g/mol. The molecule has 0 aliphatic rings. The summed E-state index contributed by atoms with van der Waals surface area (Å²) in [5, 5.41) is 11.6. The highest BCUT2D eigenvalue weighted by atomic mass is 32.2. The van der Waals surface area contributed by atoms with Crippen molar-refractivity contribution in [1.82, 2.24) is 9.55 Å². The number of rotatable bonds is 6. The van der Waals surface area contributed by atoms with Gasteiger partial charge in [-0.1, -0.05) is 17.8 Å². The molecule has 2 rings (SSSR count). The third-order valence-electron chi connectivity index (χ3n) is 2.30. The van der Waals surface area contributed by atoms with Gasteiger partial charge in [-0.15, -0.1) is 11.3 Å². The van der Waals surface area contributed by atoms with Gasteiger partial charge in [-0.05, 0) is 17.9 Å². The van der Waals surface area contributed by atoms with Crippen molar-refractivity contribution in [1.29, 1.82) is 5.26 Å². The van der Waals surface area contributed by atoms with Crippen molar-refractivity contribution in [3.8, 4) is 6.07 Å². The maximum Gasteiger partial charge on any atom is 0.167 e. The molecule has 0 saturated heterocycles. The molecule has 0 N–H and O–H groups in total. The van der Waals surface area contributed by atoms with Gasteiger partial charge in [-0.3, -0.25) is 0 Å². The number of nitrogens with zero attached hydrogens (tertiary/aromatic N) is 3. The maximum absolute atomic E-state index is 8.50. The van der Waals surface area contributed by atoms with E-state index in [2.05, 4.69) is 33.1 Å². The van der Waals surface area contributed by atoms with E-state index in [1.54, 1.807) is 23.1 Å². The summed E-state index contributed by atoms with van der Waals surface area (Å²) in [5.74, 6) is 0.812. The molecule has 2 heterocycles. The quantitative estimate of drug-likeness (QED) is 0.593. The molecule has 0 fully saturated rings. The van der Waals surface area contributed by atoms with Gasteiger partial charge in [-0.25, -0.2) is 4.98 Å². The molecule has 0 saturated carbocycles. The van der Waals surface area contributed by atoms with Gasteiger partial charge in [0.15, 0.2) is 5.16 Å². The molecule has 0 aromatic carbocycles. The summed E-state index contributed by atoms with van der Waals surface area (Å²) in [5.41, 5.74) is 0. The van der Waals surface area contributed by atoms with Gasteiger partial charge in [0.05, 0.1) is 6.07 Å². The molecule has 0 unspecified atom stereocenters. The number of hydrogen-bond acceptors (Lipinski definition) is 4. The van der Waals surface area contributed by atoms with Gasteiger partial charge in [-0.2, -0.15) is 5.26 Å². The van der Waals surface area contributed by atoms with E-state index in [-0.39, 0.29) is 0 Å². The fraction of sp³-hybridized carbons (Fsp3) is 0.333. The van der Waals surface area contributed by atoms with Crippen LogP contribution in [0.3, 0.4) is 0 Å². The molecule has 3 nitrogen and oxygen atoms in total. The van der Waals surface area contributed by atoms with Gasteiger partial charge in [0.25, 0.3) is 0 Å². The lowest BCUT2D eigenvalue weighted by atomic mass is 10.3. The van der Waals surface area contributed by atoms with E-state index in [9.17, 15) is 0 Å². The van der Waals surface area contributed by atoms with Crippen molar-refractivity contribution >= 4 is 23.1 Å². The van der Waals surface area contributed by atoms with E-state index >= 15 is 0 Å². The number of aryl methyl sites for hydroxylation is 2. The number of nitriles is 1. The molecule has 17 heavy (non-hydrogen) atoms. The zero-order valence-corrected chi connectivity index (χ0v) is 11.0. The second-order valence-corrected chi connectivity index (χ2v) is 5.58. The second-order valence-electron chi connectivity index (χ2n) is 3.49. The van der Waals surface area contributed by atoms with Crippen LogP contribution in [0.5, 0.6) is 0 Å². The Bertz CT molecular complexity index is 482. The van der Waals surface area contributed by atoms with Crippen molar-refractivity contribution in [2.45, 2.75) is 24.5 Å². The Morgan fingerprint density at radius 1 is 1.53 bits per heavy atom. The van der Waals surface area contributed by atoms with E-state index in [4.69, 9.17) is 5.26 Å². The molecule has 0 aliphatic heterocycles. The number of thioether (sulfide) groups is 1. The summed E-state index contributed by atoms with van der Waals surface area (Å²) < 4.78 is 2.15. The Hall–Kier alpha value is -1.25. The first-order chi connectivity index (χ1) is 8.40. The zero-order valence-electron chi connectivity index (χ0n) is 9.37. The first kappa shape index (κ1) is 12.2. The lowest BCUT2D eigenvalue weighted by Crippen LogP contribution is -2.01. The molecule has 0 aliphatic carbocycles. The normalized spacial score (nSPS) is 10.3. The first-order valence-electron chi connectivity index (χ1n) is 5.43. The highest BCUT2D eigenvalue weighted by Gasteiger charge is 2.03. The molecule has 88 valence electrons. The van der Waals surface area contributed by atoms with Crippen molar-refractivity contribution in [3.63, 3.8) is 0 Å². The van der Waals surface area contributed by atoms with Crippen LogP contribution in [0.1, 0.15) is 11.3 Å². The Morgan fingerprint density at radius 2 is 2.47 bits per heavy atom. The minimum Gasteiger partial charge on any atom is -0.326 e. The van der Waals surface area contributed by atoms with Crippen LogP contribution in [-0.4, -0.2) is 15.3 Å². The first-order valence-corrected chi connectivity index (χ1v) is 7.30. The topological polar surface area (TPSA) is 41.6 Å². The van der Waals surface area contributed by atoms with Gasteiger partial charge in [0, 0.05) is 36.0 Å². The largest absolute Gasteiger partial charge is 0.326 e. The third-order valence-corrected chi connectivity index (χ3v) is 4.24. The van der Waals surface area contributed by atoms with Crippen molar-refractivity contribution < 1.29 is 0 Å². The molecule has 0 bridgehead atoms. The third kappa shape index (κ3) is 3.62. The predicted molar refractivity (Wildman–Crippen MR) is 71.2 cm³/mol. The van der Waals surface area contributed by atoms with Crippen LogP contribution in [-0.2, 0) is 13.0 Å². The van der Waals surface area contributed by atoms with Crippen LogP contribution < -0.4 is 0 Å². The van der Waals surface area contributed by atoms with Crippen molar-refractivity contribution in [2.75, 3.05) is 5.75 Å². The number of imidazole rings is 1. The Morgan fingerprint density at radius 3 is 3.24 bits per heavy atom. The molecule has 5 heteroatoms. The highest BCUT2D eigenvalue weighted by molar-refractivity contribution is 7.99. The molecule has 2 aromatic heterocycles. The van der Waals surface area contributed by atoms with Gasteiger partial charge < -0.3 is 4.57 Å². The lowest BCUT2D eigenvalue weighted by molar-refractivity contribution is 0.637. The average Bonchev–Trinajstić information content (AvgIpc) is 2.97. The molecule has 2 aromatic rings. The summed E-state index contributed by atoms with van der Waals surface area (Å²) >= 11 is 3.44. The molecule has 0 radical (unpaired) electrons. The predicted octanol–water partition coefficient (Wildman–Crippen LogP) is 3.19. The van der Waals surface area contributed by atoms with Crippen LogP contribution in [0.15, 0.2) is 35.1 Å². The van der Waals surface area contributed by atoms with E-state index in [0.29, 0.717) is 6.42 Å². The number of hydrogen-bond donors (Lipinski definition) is 0. The van der Waals surface area contributed by atoms with E-state index in [0.717, 1.165) is 23.9 Å². The minimum absolute atomic E-state index is 0.572. The smallest absolute Gasteiger partial charge is 0.167 e. The van der Waals surface area contributed by atoms with Crippen LogP contribution in [0.25, 0.3) is 0 Å². The fourth-order valence-electron chi connectivity index (χ4n) is 1.48. The molecular formula is C12H13N3S2. The standard InChI is InChI=1S/C12H13N3S2/c13-5-2-10-17-12-14-6-8-15(12)7-4-11-3-1-9-16-11/h1,3,6,8-9H,2,4,7,10H2. The highest BCUT2D eigenvalue weighted by Crippen LogP contribution is 2.18. The van der Waals surface area contributed by atoms with Gasteiger partial charge in [0.2, 0.25) is 0 Å². The fourth-order valence-corrected chi connectivity index (χ4v) is 3.01. The molecule has 0 atom stereocenters. The van der Waals surface area contributed by atoms with Gasteiger partial charge >= 0.3 is 0 Å². The van der Waals surface area contributed by atoms with Crippen molar-refractivity contribution in [3.05, 3.63) is 34.8 Å². The SMILES string of the molecule is N#CCCSc1nccn1CCc1cccs1. The summed E-state index contributed by atoms with van der Waals surface area (Å²) in [6.45, 7) is 0.954. The average molecular weight is 263 g/mol. The summed E-state index contributed by atoms with van der Waals surface area (Å²) in [6, 6.07) is 6.38. The molecular weight excluding hydrogens is 250 g/mol. The second kappa shape index (κ2) is 6.48.